The summed E-state index contributed by atoms with van der Waals surface area (Å²) in [5.41, 5.74) is 2.98. The third-order valence-corrected chi connectivity index (χ3v) is 3.37. The van der Waals surface area contributed by atoms with Crippen molar-refractivity contribution < 1.29 is 19.4 Å². The lowest BCUT2D eigenvalue weighted by Gasteiger charge is -2.06. The number of aromatic hydroxyl groups is 1. The molecule has 0 bridgehead atoms. The van der Waals surface area contributed by atoms with E-state index in [9.17, 15) is 14.7 Å². The number of hydrazone groups is 1. The van der Waals surface area contributed by atoms with Crippen molar-refractivity contribution in [2.24, 2.45) is 5.10 Å². The molecule has 130 valence electrons. The number of rotatable bonds is 6. The van der Waals surface area contributed by atoms with Gasteiger partial charge in [-0.3, -0.25) is 9.59 Å². The van der Waals surface area contributed by atoms with Gasteiger partial charge in [-0.15, -0.1) is 0 Å². The molecule has 7 nitrogen and oxygen atoms in total. The predicted molar refractivity (Wildman–Crippen MR) is 94.2 cm³/mol. The van der Waals surface area contributed by atoms with Gasteiger partial charge in [-0.25, -0.2) is 5.43 Å². The minimum atomic E-state index is -0.519. The van der Waals surface area contributed by atoms with Gasteiger partial charge in [0.25, 0.3) is 11.8 Å². The minimum absolute atomic E-state index is 0.0859. The molecule has 0 spiro atoms. The lowest BCUT2D eigenvalue weighted by Crippen LogP contribution is -2.34. The Morgan fingerprint density at radius 2 is 2.04 bits per heavy atom. The molecule has 0 atom stereocenters. The first-order valence-electron chi connectivity index (χ1n) is 7.23. The number of para-hydroxylation sites is 1. The summed E-state index contributed by atoms with van der Waals surface area (Å²) in [5, 5.41) is 16.5. The van der Waals surface area contributed by atoms with Crippen molar-refractivity contribution in [3.05, 3.63) is 58.6 Å². The van der Waals surface area contributed by atoms with Gasteiger partial charge in [0.1, 0.15) is 0 Å². The van der Waals surface area contributed by atoms with Gasteiger partial charge in [0, 0.05) is 16.1 Å². The number of carbonyl (C=O) groups excluding carboxylic acids is 2. The fourth-order valence-electron chi connectivity index (χ4n) is 1.91. The van der Waals surface area contributed by atoms with E-state index in [1.807, 2.05) is 0 Å². The predicted octanol–water partition coefficient (Wildman–Crippen LogP) is 1.93. The SMILES string of the molecule is COc1cccc(C=NNC(=O)CNC(=O)c2cccc(Cl)c2)c1O. The average Bonchev–Trinajstić information content (AvgIpc) is 2.61. The standard InChI is InChI=1S/C17H16ClN3O4/c1-25-14-7-3-5-12(16(14)23)9-20-21-15(22)10-19-17(24)11-4-2-6-13(18)8-11/h2-9,23H,10H2,1H3,(H,19,24)(H,21,22). The lowest BCUT2D eigenvalue weighted by molar-refractivity contribution is -0.120. The Hall–Kier alpha value is -3.06. The van der Waals surface area contributed by atoms with Crippen LogP contribution >= 0.6 is 11.6 Å². The fraction of sp³-hybridized carbons (Fsp3) is 0.118. The van der Waals surface area contributed by atoms with E-state index in [-0.39, 0.29) is 12.3 Å². The minimum Gasteiger partial charge on any atom is -0.504 e. The van der Waals surface area contributed by atoms with Gasteiger partial charge >= 0.3 is 0 Å². The Bertz CT molecular complexity index is 808. The van der Waals surface area contributed by atoms with Crippen molar-refractivity contribution in [3.8, 4) is 11.5 Å². The van der Waals surface area contributed by atoms with Crippen LogP contribution in [0.2, 0.25) is 5.02 Å². The van der Waals surface area contributed by atoms with Gasteiger partial charge in [0.15, 0.2) is 11.5 Å². The molecule has 0 aliphatic heterocycles. The average molecular weight is 362 g/mol. The fourth-order valence-corrected chi connectivity index (χ4v) is 2.10. The first-order valence-corrected chi connectivity index (χ1v) is 7.60. The molecule has 0 heterocycles. The molecule has 25 heavy (non-hydrogen) atoms. The van der Waals surface area contributed by atoms with E-state index in [1.54, 1.807) is 36.4 Å². The lowest BCUT2D eigenvalue weighted by atomic mass is 10.2. The highest BCUT2D eigenvalue weighted by Crippen LogP contribution is 2.27. The second-order valence-corrected chi connectivity index (χ2v) is 5.32. The topological polar surface area (TPSA) is 100 Å². The van der Waals surface area contributed by atoms with Crippen molar-refractivity contribution >= 4 is 29.6 Å². The summed E-state index contributed by atoms with van der Waals surface area (Å²) in [7, 11) is 1.43. The molecule has 3 N–H and O–H groups in total. The Labute approximate surface area is 149 Å². The van der Waals surface area contributed by atoms with Gasteiger partial charge in [0.2, 0.25) is 0 Å². The van der Waals surface area contributed by atoms with E-state index < -0.39 is 11.8 Å². The van der Waals surface area contributed by atoms with Crippen LogP contribution in [0.4, 0.5) is 0 Å². The van der Waals surface area contributed by atoms with Crippen molar-refractivity contribution in [1.29, 1.82) is 0 Å². The number of amides is 2. The highest BCUT2D eigenvalue weighted by molar-refractivity contribution is 6.30. The van der Waals surface area contributed by atoms with Crippen LogP contribution in [-0.4, -0.2) is 36.8 Å². The van der Waals surface area contributed by atoms with Crippen molar-refractivity contribution in [2.45, 2.75) is 0 Å². The van der Waals surface area contributed by atoms with E-state index in [1.165, 1.54) is 19.4 Å². The summed E-state index contributed by atoms with van der Waals surface area (Å²) >= 11 is 5.80. The van der Waals surface area contributed by atoms with Crippen LogP contribution < -0.4 is 15.5 Å². The molecule has 0 fully saturated rings. The van der Waals surface area contributed by atoms with Crippen LogP contribution in [0, 0.1) is 0 Å². The monoisotopic (exact) mass is 361 g/mol. The van der Waals surface area contributed by atoms with Crippen LogP contribution in [0.3, 0.4) is 0 Å². The Balaban J connectivity index is 1.86. The Morgan fingerprint density at radius 3 is 2.76 bits per heavy atom. The zero-order valence-electron chi connectivity index (χ0n) is 13.3. The molecule has 0 saturated carbocycles. The zero-order valence-corrected chi connectivity index (χ0v) is 14.1. The first-order chi connectivity index (χ1) is 12.0. The second kappa shape index (κ2) is 8.70. The second-order valence-electron chi connectivity index (χ2n) is 4.88. The number of methoxy groups -OCH3 is 1. The maximum atomic E-state index is 11.9. The number of ether oxygens (including phenoxy) is 1. The maximum absolute atomic E-state index is 11.9. The molecule has 0 saturated heterocycles. The summed E-state index contributed by atoms with van der Waals surface area (Å²) in [4.78, 5) is 23.6. The summed E-state index contributed by atoms with van der Waals surface area (Å²) in [5.74, 6) is -0.734. The highest BCUT2D eigenvalue weighted by Gasteiger charge is 2.08. The molecule has 2 rings (SSSR count). The van der Waals surface area contributed by atoms with Crippen molar-refractivity contribution in [3.63, 3.8) is 0 Å². The number of nitrogens with zero attached hydrogens (tertiary/aromatic N) is 1. The molecule has 0 aliphatic rings. The van der Waals surface area contributed by atoms with Crippen molar-refractivity contribution in [2.75, 3.05) is 13.7 Å². The molecule has 0 aliphatic carbocycles. The number of hydrogen-bond donors (Lipinski definition) is 3. The van der Waals surface area contributed by atoms with Crippen LogP contribution in [0.1, 0.15) is 15.9 Å². The molecular weight excluding hydrogens is 346 g/mol. The summed E-state index contributed by atoms with van der Waals surface area (Å²) in [6.45, 7) is -0.257. The van der Waals surface area contributed by atoms with Gasteiger partial charge in [0.05, 0.1) is 19.9 Å². The number of phenols is 1. The molecule has 8 heteroatoms. The zero-order chi connectivity index (χ0) is 18.2. The number of benzene rings is 2. The molecule has 2 amide bonds. The van der Waals surface area contributed by atoms with Crippen LogP contribution in [0.5, 0.6) is 11.5 Å². The van der Waals surface area contributed by atoms with E-state index >= 15 is 0 Å². The van der Waals surface area contributed by atoms with Gasteiger partial charge < -0.3 is 15.2 Å². The molecular formula is C17H16ClN3O4. The van der Waals surface area contributed by atoms with E-state index in [0.29, 0.717) is 21.9 Å². The number of hydrogen-bond acceptors (Lipinski definition) is 5. The summed E-state index contributed by atoms with van der Waals surface area (Å²) < 4.78 is 4.97. The third-order valence-electron chi connectivity index (χ3n) is 3.14. The Kier molecular flexibility index (Phi) is 6.36. The van der Waals surface area contributed by atoms with Gasteiger partial charge in [-0.05, 0) is 30.3 Å². The highest BCUT2D eigenvalue weighted by atomic mass is 35.5. The number of carbonyl (C=O) groups is 2. The molecule has 0 aromatic heterocycles. The van der Waals surface area contributed by atoms with Crippen LogP contribution in [0.25, 0.3) is 0 Å². The van der Waals surface area contributed by atoms with E-state index in [4.69, 9.17) is 16.3 Å². The number of phenolic OH excluding ortho intramolecular Hbond substituents is 1. The molecule has 2 aromatic rings. The third kappa shape index (κ3) is 5.22. The first kappa shape index (κ1) is 18.3. The van der Waals surface area contributed by atoms with Crippen molar-refractivity contribution in [1.82, 2.24) is 10.7 Å². The number of nitrogens with one attached hydrogen (secondary N) is 2. The van der Waals surface area contributed by atoms with E-state index in [0.717, 1.165) is 0 Å². The quantitative estimate of drug-likeness (QED) is 0.540. The van der Waals surface area contributed by atoms with Crippen LogP contribution in [-0.2, 0) is 4.79 Å². The summed E-state index contributed by atoms with van der Waals surface area (Å²) in [6.07, 6.45) is 1.27. The van der Waals surface area contributed by atoms with Crippen LogP contribution in [0.15, 0.2) is 47.6 Å². The largest absolute Gasteiger partial charge is 0.504 e. The Morgan fingerprint density at radius 1 is 1.28 bits per heavy atom. The van der Waals surface area contributed by atoms with E-state index in [2.05, 4.69) is 15.8 Å². The smallest absolute Gasteiger partial charge is 0.259 e. The molecule has 0 radical (unpaired) electrons. The number of halogens is 1. The summed E-state index contributed by atoms with van der Waals surface area (Å²) in [6, 6.07) is 11.2. The molecule has 0 unspecified atom stereocenters. The van der Waals surface area contributed by atoms with Gasteiger partial charge in [-0.2, -0.15) is 5.10 Å². The normalized spacial score (nSPS) is 10.5. The maximum Gasteiger partial charge on any atom is 0.259 e. The van der Waals surface area contributed by atoms with Gasteiger partial charge in [-0.1, -0.05) is 23.7 Å². The molecule has 2 aromatic carbocycles.